The van der Waals surface area contributed by atoms with E-state index in [0.717, 1.165) is 45.2 Å². The van der Waals surface area contributed by atoms with Crippen molar-refractivity contribution in [1.82, 2.24) is 16.4 Å². The summed E-state index contributed by atoms with van der Waals surface area (Å²) in [5, 5.41) is 4.22. The highest BCUT2D eigenvalue weighted by molar-refractivity contribution is 7.91. The van der Waals surface area contributed by atoms with Gasteiger partial charge in [-0.2, -0.15) is 0 Å². The first kappa shape index (κ1) is 48.6. The number of carbonyl (C=O) groups is 2. The number of hydrogen-bond donors (Lipinski definition) is 2. The van der Waals surface area contributed by atoms with E-state index < -0.39 is 15.6 Å². The van der Waals surface area contributed by atoms with E-state index in [0.29, 0.717) is 48.2 Å². The number of ether oxygens (including phenoxy) is 3. The largest absolute Gasteiger partial charge is 0.465 e. The van der Waals surface area contributed by atoms with Crippen molar-refractivity contribution in [1.29, 1.82) is 0 Å². The van der Waals surface area contributed by atoms with Gasteiger partial charge in [-0.05, 0) is 129 Å². The van der Waals surface area contributed by atoms with Gasteiger partial charge in [-0.15, -0.1) is 0 Å². The minimum absolute atomic E-state index is 0. The van der Waals surface area contributed by atoms with Crippen molar-refractivity contribution in [3.8, 4) is 0 Å². The van der Waals surface area contributed by atoms with Gasteiger partial charge in [0, 0.05) is 44.0 Å². The Balaban J connectivity index is 0.00000133. The zero-order chi connectivity index (χ0) is 43.6. The standard InChI is InChI=1S/C46H68N2O6S.C2H6.CH2O.H3N.H2/c1-29(2)32-17-20-46(47-21-22-48-23-25-55(50,51)26-24-48)28-38-44(8)34(39(32)46)15-16-35-43(7)19-18-33(30-11-13-31(14-12-30)40(49)52-10)41(3,4)36(43)27-37(45(35,44)9)53-42(5,6)54-38;2*1-2;;/h11-14,18,32,34-39,47H,1,15-17,19-28H2,2-10H3;1-2H3;1H2;1H3;1H/t32-,34+,35+,36-,37-,38-,39+,43+,44-,45-,46-;;;;/m0..../s1. The van der Waals surface area contributed by atoms with Gasteiger partial charge in [-0.3, -0.25) is 0 Å². The number of fused-ring (bicyclic) bond motifs is 4. The number of sulfone groups is 1. The van der Waals surface area contributed by atoms with Crippen LogP contribution in [-0.2, 0) is 28.8 Å². The van der Waals surface area contributed by atoms with Gasteiger partial charge in [0.15, 0.2) is 15.6 Å². The first-order chi connectivity index (χ1) is 27.7. The van der Waals surface area contributed by atoms with Crippen LogP contribution in [0.3, 0.4) is 0 Å². The van der Waals surface area contributed by atoms with Crippen molar-refractivity contribution in [3.63, 3.8) is 0 Å². The van der Waals surface area contributed by atoms with Crippen LogP contribution in [0.5, 0.6) is 0 Å². The summed E-state index contributed by atoms with van der Waals surface area (Å²) < 4.78 is 44.2. The van der Waals surface area contributed by atoms with Crippen LogP contribution in [0.2, 0.25) is 0 Å². The van der Waals surface area contributed by atoms with Crippen molar-refractivity contribution < 1.29 is 33.6 Å². The Labute approximate surface area is 364 Å². The van der Waals surface area contributed by atoms with E-state index in [1.165, 1.54) is 36.7 Å². The molecule has 10 nitrogen and oxygen atoms in total. The molecule has 0 spiro atoms. The maximum atomic E-state index is 12.3. The topological polar surface area (TPSA) is 146 Å². The molecule has 0 bridgehead atoms. The van der Waals surface area contributed by atoms with Crippen LogP contribution in [-0.4, -0.2) is 94.4 Å². The molecule has 11 atom stereocenters. The second kappa shape index (κ2) is 17.3. The normalized spacial score (nSPS) is 40.4. The Morgan fingerprint density at radius 1 is 0.933 bits per heavy atom. The summed E-state index contributed by atoms with van der Waals surface area (Å²) >= 11 is 0. The molecule has 0 aromatic heterocycles. The summed E-state index contributed by atoms with van der Waals surface area (Å²) in [6, 6.07) is 8.01. The molecule has 60 heavy (non-hydrogen) atoms. The molecule has 7 aliphatic rings. The number of benzene rings is 1. The minimum atomic E-state index is -2.91. The molecule has 2 aliphatic heterocycles. The molecule has 6 fully saturated rings. The lowest BCUT2D eigenvalue weighted by Crippen LogP contribution is -2.74. The Kier molecular flexibility index (Phi) is 14.0. The average molecular weight is 856 g/mol. The number of allylic oxidation sites excluding steroid dienone is 3. The molecule has 2 saturated heterocycles. The van der Waals surface area contributed by atoms with Crippen LogP contribution in [0.15, 0.2) is 42.5 Å². The molecule has 2 heterocycles. The third-order valence-electron chi connectivity index (χ3n) is 17.5. The smallest absolute Gasteiger partial charge is 0.337 e. The Bertz CT molecular complexity index is 1870. The highest BCUT2D eigenvalue weighted by Crippen LogP contribution is 2.78. The molecule has 4 N–H and O–H groups in total. The predicted octanol–water partition coefficient (Wildman–Crippen LogP) is 9.19. The first-order valence-corrected chi connectivity index (χ1v) is 24.4. The van der Waals surface area contributed by atoms with Crippen LogP contribution in [0, 0.1) is 51.2 Å². The third kappa shape index (κ3) is 7.61. The number of hydrogen-bond acceptors (Lipinski definition) is 10. The van der Waals surface area contributed by atoms with Crippen LogP contribution >= 0.6 is 0 Å². The van der Waals surface area contributed by atoms with Crippen molar-refractivity contribution in [2.75, 3.05) is 44.8 Å². The van der Waals surface area contributed by atoms with E-state index in [1.54, 1.807) is 0 Å². The minimum Gasteiger partial charge on any atom is -0.465 e. The third-order valence-corrected chi connectivity index (χ3v) is 19.1. The Hall–Kier alpha value is -2.41. The molecule has 4 saturated carbocycles. The lowest BCUT2D eigenvalue weighted by molar-refractivity contribution is -0.274. The molecule has 8 rings (SSSR count). The second-order valence-electron chi connectivity index (χ2n) is 20.6. The summed E-state index contributed by atoms with van der Waals surface area (Å²) in [7, 11) is -1.47. The highest BCUT2D eigenvalue weighted by atomic mass is 32.2. The van der Waals surface area contributed by atoms with Gasteiger partial charge in [0.05, 0.1) is 36.4 Å². The molecule has 0 unspecified atom stereocenters. The summed E-state index contributed by atoms with van der Waals surface area (Å²) in [6.07, 6.45) is 10.2. The number of methoxy groups -OCH3 is 1. The second-order valence-corrected chi connectivity index (χ2v) is 22.9. The molecule has 340 valence electrons. The number of nitrogens with one attached hydrogen (secondary N) is 1. The average Bonchev–Trinajstić information content (AvgIpc) is 3.54. The van der Waals surface area contributed by atoms with E-state index >= 15 is 0 Å². The number of esters is 1. The molecule has 1 aromatic carbocycles. The fourth-order valence-corrected chi connectivity index (χ4v) is 16.2. The van der Waals surface area contributed by atoms with Crippen molar-refractivity contribution in [3.05, 3.63) is 53.6 Å². The summed E-state index contributed by atoms with van der Waals surface area (Å²) in [5.74, 6) is 1.74. The van der Waals surface area contributed by atoms with Crippen LogP contribution in [0.1, 0.15) is 132 Å². The molecule has 0 amide bonds. The van der Waals surface area contributed by atoms with Gasteiger partial charge in [0.25, 0.3) is 0 Å². The zero-order valence-electron chi connectivity index (χ0n) is 39.0. The molecular formula is C49H81N3O7S. The van der Waals surface area contributed by atoms with Gasteiger partial charge >= 0.3 is 5.97 Å². The molecular weight excluding hydrogens is 775 g/mol. The van der Waals surface area contributed by atoms with E-state index in [4.69, 9.17) is 19.0 Å². The molecule has 11 heteroatoms. The monoisotopic (exact) mass is 856 g/mol. The molecule has 5 aliphatic carbocycles. The van der Waals surface area contributed by atoms with Gasteiger partial charge in [0.2, 0.25) is 0 Å². The van der Waals surface area contributed by atoms with E-state index in [-0.39, 0.29) is 64.5 Å². The molecule has 1 aromatic rings. The SMILES string of the molecule is C=C(C)[C@@H]1CC[C@]2(NCCN3CCS(=O)(=O)CC3)C[C@@H]3OC(C)(C)O[C@H]4C[C@H]5C(C)(C)C(c6ccc(C(=O)OC)cc6)=CC[C@]5(C)[C@H]5CC[C@H]([C@@H]12)[C@]3(C)[C@]45C.C=O.CC.N.[HH]. The van der Waals surface area contributed by atoms with Crippen molar-refractivity contribution >= 4 is 28.2 Å². The van der Waals surface area contributed by atoms with Gasteiger partial charge < -0.3 is 35.4 Å². The fraction of sp³-hybridized carbons (Fsp3) is 0.755. The van der Waals surface area contributed by atoms with Crippen molar-refractivity contribution in [2.45, 2.75) is 138 Å². The number of nitrogens with zero attached hydrogens (tertiary/aromatic N) is 1. The van der Waals surface area contributed by atoms with E-state index in [1.807, 2.05) is 32.8 Å². The van der Waals surface area contributed by atoms with Gasteiger partial charge in [-0.1, -0.05) is 78.8 Å². The maximum Gasteiger partial charge on any atom is 0.337 e. The van der Waals surface area contributed by atoms with Gasteiger partial charge in [-0.25, -0.2) is 13.2 Å². The maximum absolute atomic E-state index is 12.3. The van der Waals surface area contributed by atoms with Crippen molar-refractivity contribution in [2.24, 2.45) is 51.2 Å². The fourth-order valence-electron chi connectivity index (χ4n) is 14.9. The van der Waals surface area contributed by atoms with E-state index in [2.05, 4.69) is 90.4 Å². The first-order valence-electron chi connectivity index (χ1n) is 22.6. The van der Waals surface area contributed by atoms with Crippen LogP contribution in [0.25, 0.3) is 5.57 Å². The summed E-state index contributed by atoms with van der Waals surface area (Å²) in [4.78, 5) is 22.6. The highest BCUT2D eigenvalue weighted by Gasteiger charge is 2.77. The quantitative estimate of drug-likeness (QED) is 0.201. The summed E-state index contributed by atoms with van der Waals surface area (Å²) in [5.41, 5.74) is 4.15. The zero-order valence-corrected chi connectivity index (χ0v) is 39.8. The Morgan fingerprint density at radius 3 is 2.15 bits per heavy atom. The predicted molar refractivity (Wildman–Crippen MR) is 244 cm³/mol. The van der Waals surface area contributed by atoms with Crippen LogP contribution < -0.4 is 11.5 Å². The Morgan fingerprint density at radius 2 is 1.55 bits per heavy atom. The lowest BCUT2D eigenvalue weighted by Gasteiger charge is -2.74. The lowest BCUT2D eigenvalue weighted by atomic mass is 9.31. The van der Waals surface area contributed by atoms with Crippen LogP contribution in [0.4, 0.5) is 0 Å². The summed E-state index contributed by atoms with van der Waals surface area (Å²) in [6.45, 7) is 33.0. The van der Waals surface area contributed by atoms with E-state index in [9.17, 15) is 13.2 Å². The number of rotatable bonds is 7. The number of carbonyl (C=O) groups excluding carboxylic acids is 2. The van der Waals surface area contributed by atoms with Gasteiger partial charge in [0.1, 0.15) is 6.79 Å². The molecule has 0 radical (unpaired) electrons.